The normalized spacial score (nSPS) is 15.2. The average Bonchev–Trinajstić information content (AvgIpc) is 3.22. The third kappa shape index (κ3) is 6.45. The second-order valence-corrected chi connectivity index (χ2v) is 12.3. The Labute approximate surface area is 210 Å². The number of nitrogens with one attached hydrogen (secondary N) is 1. The van der Waals surface area contributed by atoms with Crippen LogP contribution in [-0.2, 0) is 14.6 Å². The van der Waals surface area contributed by atoms with Crippen molar-refractivity contribution in [3.63, 3.8) is 0 Å². The Kier molecular flexibility index (Phi) is 7.91. The van der Waals surface area contributed by atoms with Gasteiger partial charge in [-0.1, -0.05) is 38.9 Å². The SMILES string of the molecule is O=C(CCS(=O)(=O)c1ccc(Cl)cc1)NCCN1CCN(c2nc3ccc(Br)cc3s2)CC1. The van der Waals surface area contributed by atoms with Crippen LogP contribution in [-0.4, -0.2) is 69.2 Å². The number of hydrogen-bond donors (Lipinski definition) is 1. The minimum absolute atomic E-state index is 0.0630. The molecule has 0 saturated carbocycles. The molecular formula is C22H24BrClN4O3S2. The Balaban J connectivity index is 1.17. The van der Waals surface area contributed by atoms with Crippen molar-refractivity contribution in [3.8, 4) is 0 Å². The van der Waals surface area contributed by atoms with Crippen LogP contribution in [0.25, 0.3) is 10.2 Å². The minimum atomic E-state index is -3.51. The molecule has 2 aromatic carbocycles. The van der Waals surface area contributed by atoms with Crippen molar-refractivity contribution in [1.29, 1.82) is 0 Å². The van der Waals surface area contributed by atoms with Gasteiger partial charge in [0, 0.05) is 55.2 Å². The maximum atomic E-state index is 12.3. The van der Waals surface area contributed by atoms with Gasteiger partial charge < -0.3 is 10.2 Å². The Morgan fingerprint density at radius 2 is 1.85 bits per heavy atom. The number of nitrogens with zero attached hydrogens (tertiary/aromatic N) is 3. The molecule has 1 N–H and O–H groups in total. The topological polar surface area (TPSA) is 82.6 Å². The molecule has 176 valence electrons. The van der Waals surface area contributed by atoms with Crippen LogP contribution in [0.2, 0.25) is 5.02 Å². The van der Waals surface area contributed by atoms with Crippen molar-refractivity contribution in [3.05, 3.63) is 52.0 Å². The summed E-state index contributed by atoms with van der Waals surface area (Å²) in [6.45, 7) is 4.77. The second kappa shape index (κ2) is 10.7. The lowest BCUT2D eigenvalue weighted by atomic mass is 10.3. The van der Waals surface area contributed by atoms with E-state index in [0.717, 1.165) is 47.8 Å². The van der Waals surface area contributed by atoms with E-state index < -0.39 is 9.84 Å². The summed E-state index contributed by atoms with van der Waals surface area (Å²) in [5, 5.41) is 4.35. The van der Waals surface area contributed by atoms with E-state index in [-0.39, 0.29) is 23.0 Å². The molecule has 0 unspecified atom stereocenters. The van der Waals surface area contributed by atoms with Crippen molar-refractivity contribution >= 4 is 70.0 Å². The van der Waals surface area contributed by atoms with E-state index in [1.807, 2.05) is 12.1 Å². The molecule has 1 saturated heterocycles. The number of amides is 1. The van der Waals surface area contributed by atoms with Gasteiger partial charge in [0.15, 0.2) is 15.0 Å². The molecule has 3 aromatic rings. The van der Waals surface area contributed by atoms with Gasteiger partial charge in [-0.05, 0) is 42.5 Å². The van der Waals surface area contributed by atoms with Crippen LogP contribution >= 0.6 is 38.9 Å². The van der Waals surface area contributed by atoms with Gasteiger partial charge in [0.2, 0.25) is 5.91 Å². The third-order valence-electron chi connectivity index (χ3n) is 5.50. The fraction of sp³-hybridized carbons (Fsp3) is 0.364. The summed E-state index contributed by atoms with van der Waals surface area (Å²) in [4.78, 5) is 21.7. The Hall–Kier alpha value is -1.72. The molecule has 0 spiro atoms. The quantitative estimate of drug-likeness (QED) is 0.443. The van der Waals surface area contributed by atoms with Crippen LogP contribution < -0.4 is 10.2 Å². The number of rotatable bonds is 8. The van der Waals surface area contributed by atoms with Crippen LogP contribution in [0.1, 0.15) is 6.42 Å². The van der Waals surface area contributed by atoms with Crippen LogP contribution in [0.15, 0.2) is 51.8 Å². The van der Waals surface area contributed by atoms with Gasteiger partial charge in [0.1, 0.15) is 0 Å². The maximum Gasteiger partial charge on any atom is 0.221 e. The van der Waals surface area contributed by atoms with Crippen molar-refractivity contribution in [2.24, 2.45) is 0 Å². The molecule has 1 amide bonds. The van der Waals surface area contributed by atoms with Gasteiger partial charge in [0.25, 0.3) is 0 Å². The summed E-state index contributed by atoms with van der Waals surface area (Å²) in [5.74, 6) is -0.482. The predicted octanol–water partition coefficient (Wildman–Crippen LogP) is 3.81. The van der Waals surface area contributed by atoms with E-state index in [1.165, 1.54) is 29.0 Å². The number of hydrogen-bond acceptors (Lipinski definition) is 7. The van der Waals surface area contributed by atoms with Gasteiger partial charge in [-0.3, -0.25) is 9.69 Å². The highest BCUT2D eigenvalue weighted by atomic mass is 79.9. The molecule has 33 heavy (non-hydrogen) atoms. The van der Waals surface area contributed by atoms with E-state index in [2.05, 4.69) is 37.1 Å². The van der Waals surface area contributed by atoms with Crippen LogP contribution in [0, 0.1) is 0 Å². The Morgan fingerprint density at radius 1 is 1.12 bits per heavy atom. The molecule has 1 aromatic heterocycles. The maximum absolute atomic E-state index is 12.3. The first-order chi connectivity index (χ1) is 15.8. The minimum Gasteiger partial charge on any atom is -0.355 e. The monoisotopic (exact) mass is 570 g/mol. The molecular weight excluding hydrogens is 548 g/mol. The number of thiazole rings is 1. The van der Waals surface area contributed by atoms with Crippen LogP contribution in [0.4, 0.5) is 5.13 Å². The zero-order valence-corrected chi connectivity index (χ0v) is 21.8. The summed E-state index contributed by atoms with van der Waals surface area (Å²) < 4.78 is 26.9. The zero-order chi connectivity index (χ0) is 23.4. The Bertz CT molecular complexity index is 1230. The molecule has 11 heteroatoms. The molecule has 0 aliphatic carbocycles. The first-order valence-corrected chi connectivity index (χ1v) is 14.2. The van der Waals surface area contributed by atoms with Gasteiger partial charge in [-0.25, -0.2) is 13.4 Å². The lowest BCUT2D eigenvalue weighted by Crippen LogP contribution is -2.48. The molecule has 1 fully saturated rings. The molecule has 1 aliphatic heterocycles. The molecule has 7 nitrogen and oxygen atoms in total. The van der Waals surface area contributed by atoms with E-state index in [4.69, 9.17) is 16.6 Å². The summed E-state index contributed by atoms with van der Waals surface area (Å²) >= 11 is 11.0. The van der Waals surface area contributed by atoms with Crippen molar-refractivity contribution in [2.45, 2.75) is 11.3 Å². The van der Waals surface area contributed by atoms with Crippen molar-refractivity contribution < 1.29 is 13.2 Å². The van der Waals surface area contributed by atoms with Crippen molar-refractivity contribution in [2.75, 3.05) is 49.9 Å². The lowest BCUT2D eigenvalue weighted by molar-refractivity contribution is -0.120. The number of halogens is 2. The number of piperazine rings is 1. The molecule has 2 heterocycles. The second-order valence-electron chi connectivity index (χ2n) is 7.81. The fourth-order valence-electron chi connectivity index (χ4n) is 3.61. The summed E-state index contributed by atoms with van der Waals surface area (Å²) in [6, 6.07) is 12.1. The average molecular weight is 572 g/mol. The van der Waals surface area contributed by atoms with E-state index in [9.17, 15) is 13.2 Å². The van der Waals surface area contributed by atoms with Gasteiger partial charge in [-0.15, -0.1) is 0 Å². The number of fused-ring (bicyclic) bond motifs is 1. The number of carbonyl (C=O) groups is 1. The molecule has 0 atom stereocenters. The largest absolute Gasteiger partial charge is 0.355 e. The Morgan fingerprint density at radius 3 is 2.58 bits per heavy atom. The first kappa shape index (κ1) is 24.4. The first-order valence-electron chi connectivity index (χ1n) is 10.6. The highest BCUT2D eigenvalue weighted by Gasteiger charge is 2.20. The molecule has 0 radical (unpaired) electrons. The standard InChI is InChI=1S/C22H24BrClN4O3S2/c23-16-1-6-19-20(15-16)32-22(26-19)28-12-10-27(11-13-28)9-8-25-21(29)7-14-33(30,31)18-4-2-17(24)3-5-18/h1-6,15H,7-14H2,(H,25,29). The van der Waals surface area contributed by atoms with Gasteiger partial charge in [0.05, 0.1) is 20.9 Å². The fourth-order valence-corrected chi connectivity index (χ4v) is 6.55. The van der Waals surface area contributed by atoms with E-state index in [0.29, 0.717) is 11.6 Å². The van der Waals surface area contributed by atoms with Gasteiger partial charge >= 0.3 is 0 Å². The third-order valence-corrected chi connectivity index (χ3v) is 9.06. The van der Waals surface area contributed by atoms with Gasteiger partial charge in [-0.2, -0.15) is 0 Å². The highest BCUT2D eigenvalue weighted by molar-refractivity contribution is 9.10. The van der Waals surface area contributed by atoms with E-state index in [1.54, 1.807) is 11.3 Å². The predicted molar refractivity (Wildman–Crippen MR) is 137 cm³/mol. The van der Waals surface area contributed by atoms with E-state index >= 15 is 0 Å². The van der Waals surface area contributed by atoms with Crippen LogP contribution in [0.5, 0.6) is 0 Å². The number of carbonyl (C=O) groups excluding carboxylic acids is 1. The molecule has 1 aliphatic rings. The summed E-state index contributed by atoms with van der Waals surface area (Å²) in [6.07, 6.45) is -0.0630. The highest BCUT2D eigenvalue weighted by Crippen LogP contribution is 2.31. The smallest absolute Gasteiger partial charge is 0.221 e. The number of anilines is 1. The molecule has 4 rings (SSSR count). The number of benzene rings is 2. The summed E-state index contributed by atoms with van der Waals surface area (Å²) in [7, 11) is -3.51. The molecule has 0 bridgehead atoms. The van der Waals surface area contributed by atoms with Crippen LogP contribution in [0.3, 0.4) is 0 Å². The number of aromatic nitrogens is 1. The summed E-state index contributed by atoms with van der Waals surface area (Å²) in [5.41, 5.74) is 1.02. The van der Waals surface area contributed by atoms with Crippen molar-refractivity contribution in [1.82, 2.24) is 15.2 Å². The zero-order valence-electron chi connectivity index (χ0n) is 17.8. The number of sulfone groups is 1. The lowest BCUT2D eigenvalue weighted by Gasteiger charge is -2.34.